The van der Waals surface area contributed by atoms with E-state index < -0.39 is 0 Å². The van der Waals surface area contributed by atoms with Crippen molar-refractivity contribution in [3.05, 3.63) is 0 Å². The molecule has 0 aromatic carbocycles. The van der Waals surface area contributed by atoms with Gasteiger partial charge >= 0.3 is 0 Å². The minimum Gasteiger partial charge on any atom is -0.337 e. The SMILES string of the molecule is CC(C)CC(CN)C(=O)N1C(C)CCCC1C. The van der Waals surface area contributed by atoms with Crippen molar-refractivity contribution in [1.82, 2.24) is 4.90 Å². The van der Waals surface area contributed by atoms with Crippen molar-refractivity contribution >= 4 is 5.91 Å². The van der Waals surface area contributed by atoms with Crippen LogP contribution in [0.4, 0.5) is 0 Å². The fraction of sp³-hybridized carbons (Fsp3) is 0.929. The second-order valence-corrected chi connectivity index (χ2v) is 5.94. The van der Waals surface area contributed by atoms with Crippen LogP contribution in [-0.4, -0.2) is 29.4 Å². The minimum absolute atomic E-state index is 0.0120. The van der Waals surface area contributed by atoms with Gasteiger partial charge in [-0.15, -0.1) is 0 Å². The summed E-state index contributed by atoms with van der Waals surface area (Å²) in [5.74, 6) is 0.821. The van der Waals surface area contributed by atoms with Crippen LogP contribution in [0.5, 0.6) is 0 Å². The highest BCUT2D eigenvalue weighted by Gasteiger charge is 2.32. The maximum absolute atomic E-state index is 12.5. The number of hydrogen-bond acceptors (Lipinski definition) is 2. The Labute approximate surface area is 106 Å². The van der Waals surface area contributed by atoms with Gasteiger partial charge in [0.05, 0.1) is 5.92 Å². The zero-order valence-electron chi connectivity index (χ0n) is 11.8. The van der Waals surface area contributed by atoms with Gasteiger partial charge < -0.3 is 10.6 Å². The number of carbonyl (C=O) groups is 1. The molecule has 17 heavy (non-hydrogen) atoms. The fourth-order valence-corrected chi connectivity index (χ4v) is 2.93. The Balaban J connectivity index is 2.70. The molecule has 1 amide bonds. The first-order valence-corrected chi connectivity index (χ1v) is 6.99. The smallest absolute Gasteiger partial charge is 0.227 e. The van der Waals surface area contributed by atoms with E-state index in [-0.39, 0.29) is 11.8 Å². The Morgan fingerprint density at radius 1 is 1.29 bits per heavy atom. The largest absolute Gasteiger partial charge is 0.337 e. The van der Waals surface area contributed by atoms with Crippen LogP contribution in [-0.2, 0) is 4.79 Å². The topological polar surface area (TPSA) is 46.3 Å². The highest BCUT2D eigenvalue weighted by Crippen LogP contribution is 2.25. The summed E-state index contributed by atoms with van der Waals surface area (Å²) in [6.07, 6.45) is 4.42. The lowest BCUT2D eigenvalue weighted by Crippen LogP contribution is -2.51. The molecule has 0 spiro atoms. The molecule has 0 radical (unpaired) electrons. The molecule has 2 N–H and O–H groups in total. The van der Waals surface area contributed by atoms with Crippen molar-refractivity contribution in [1.29, 1.82) is 0 Å². The van der Waals surface area contributed by atoms with Gasteiger partial charge in [0, 0.05) is 18.6 Å². The molecule has 100 valence electrons. The average Bonchev–Trinajstić information content (AvgIpc) is 2.25. The third-order valence-corrected chi connectivity index (χ3v) is 3.84. The van der Waals surface area contributed by atoms with Crippen molar-refractivity contribution < 1.29 is 4.79 Å². The van der Waals surface area contributed by atoms with E-state index in [2.05, 4.69) is 32.6 Å². The van der Waals surface area contributed by atoms with E-state index in [1.165, 1.54) is 6.42 Å². The van der Waals surface area contributed by atoms with Gasteiger partial charge in [0.1, 0.15) is 0 Å². The molecule has 0 aliphatic carbocycles. The Morgan fingerprint density at radius 3 is 2.24 bits per heavy atom. The summed E-state index contributed by atoms with van der Waals surface area (Å²) in [5, 5.41) is 0. The second kappa shape index (κ2) is 6.39. The maximum Gasteiger partial charge on any atom is 0.227 e. The van der Waals surface area contributed by atoms with Crippen LogP contribution < -0.4 is 5.73 Å². The van der Waals surface area contributed by atoms with Crippen LogP contribution in [0.1, 0.15) is 53.4 Å². The molecule has 3 unspecified atom stereocenters. The molecule has 0 aromatic heterocycles. The molecular weight excluding hydrogens is 212 g/mol. The van der Waals surface area contributed by atoms with E-state index in [0.717, 1.165) is 19.3 Å². The van der Waals surface area contributed by atoms with E-state index in [1.807, 2.05) is 0 Å². The zero-order valence-corrected chi connectivity index (χ0v) is 11.8. The molecule has 1 aliphatic heterocycles. The predicted octanol–water partition coefficient (Wildman–Crippen LogP) is 2.40. The van der Waals surface area contributed by atoms with E-state index in [1.54, 1.807) is 0 Å². The molecular formula is C14H28N2O. The maximum atomic E-state index is 12.5. The van der Waals surface area contributed by atoms with Gasteiger partial charge in [-0.2, -0.15) is 0 Å². The van der Waals surface area contributed by atoms with Gasteiger partial charge in [0.15, 0.2) is 0 Å². The quantitative estimate of drug-likeness (QED) is 0.820. The van der Waals surface area contributed by atoms with Crippen molar-refractivity contribution in [3.63, 3.8) is 0 Å². The van der Waals surface area contributed by atoms with Crippen LogP contribution in [0.15, 0.2) is 0 Å². The van der Waals surface area contributed by atoms with Gasteiger partial charge in [-0.25, -0.2) is 0 Å². The van der Waals surface area contributed by atoms with Gasteiger partial charge in [-0.1, -0.05) is 13.8 Å². The highest BCUT2D eigenvalue weighted by atomic mass is 16.2. The summed E-state index contributed by atoms with van der Waals surface area (Å²) >= 11 is 0. The standard InChI is InChI=1S/C14H28N2O/c1-10(2)8-13(9-15)14(17)16-11(3)6-5-7-12(16)4/h10-13H,5-9,15H2,1-4H3. The number of rotatable bonds is 4. The number of nitrogens with zero attached hydrogens (tertiary/aromatic N) is 1. The van der Waals surface area contributed by atoms with Crippen LogP contribution in [0.3, 0.4) is 0 Å². The number of piperidine rings is 1. The Kier molecular flexibility index (Phi) is 5.44. The molecule has 0 aromatic rings. The van der Waals surface area contributed by atoms with E-state index >= 15 is 0 Å². The average molecular weight is 240 g/mol. The Hall–Kier alpha value is -0.570. The van der Waals surface area contributed by atoms with Crippen molar-refractivity contribution in [3.8, 4) is 0 Å². The lowest BCUT2D eigenvalue weighted by atomic mass is 9.91. The normalized spacial score (nSPS) is 27.3. The molecule has 1 rings (SSSR count). The number of likely N-dealkylation sites (tertiary alicyclic amines) is 1. The molecule has 1 aliphatic rings. The Morgan fingerprint density at radius 2 is 1.82 bits per heavy atom. The van der Waals surface area contributed by atoms with Crippen molar-refractivity contribution in [2.24, 2.45) is 17.6 Å². The number of carbonyl (C=O) groups excluding carboxylic acids is 1. The second-order valence-electron chi connectivity index (χ2n) is 5.94. The molecule has 3 heteroatoms. The Bertz CT molecular complexity index is 243. The molecule has 1 saturated heterocycles. The molecule has 0 bridgehead atoms. The first kappa shape index (κ1) is 14.5. The molecule has 1 heterocycles. The van der Waals surface area contributed by atoms with Crippen LogP contribution in [0.2, 0.25) is 0 Å². The lowest BCUT2D eigenvalue weighted by molar-refractivity contribution is -0.142. The predicted molar refractivity (Wildman–Crippen MR) is 71.6 cm³/mol. The monoisotopic (exact) mass is 240 g/mol. The number of hydrogen-bond donors (Lipinski definition) is 1. The molecule has 0 saturated carbocycles. The zero-order chi connectivity index (χ0) is 13.0. The third-order valence-electron chi connectivity index (χ3n) is 3.84. The molecule has 3 atom stereocenters. The van der Waals surface area contributed by atoms with E-state index in [4.69, 9.17) is 5.73 Å². The summed E-state index contributed by atoms with van der Waals surface area (Å²) < 4.78 is 0. The highest BCUT2D eigenvalue weighted by molar-refractivity contribution is 5.79. The summed E-state index contributed by atoms with van der Waals surface area (Å²) in [4.78, 5) is 14.6. The van der Waals surface area contributed by atoms with Gasteiger partial charge in [-0.05, 0) is 45.4 Å². The van der Waals surface area contributed by atoms with Crippen LogP contribution in [0.25, 0.3) is 0 Å². The lowest BCUT2D eigenvalue weighted by Gasteiger charge is -2.41. The fourth-order valence-electron chi connectivity index (χ4n) is 2.93. The van der Waals surface area contributed by atoms with Crippen molar-refractivity contribution in [2.75, 3.05) is 6.54 Å². The summed E-state index contributed by atoms with van der Waals surface area (Å²) in [6, 6.07) is 0.764. The summed E-state index contributed by atoms with van der Waals surface area (Å²) in [5.41, 5.74) is 5.77. The van der Waals surface area contributed by atoms with Crippen LogP contribution >= 0.6 is 0 Å². The van der Waals surface area contributed by atoms with Gasteiger partial charge in [0.2, 0.25) is 5.91 Å². The minimum atomic E-state index is 0.0120. The summed E-state index contributed by atoms with van der Waals surface area (Å²) in [7, 11) is 0. The third kappa shape index (κ3) is 3.70. The van der Waals surface area contributed by atoms with Gasteiger partial charge in [-0.3, -0.25) is 4.79 Å². The number of amides is 1. The molecule has 3 nitrogen and oxygen atoms in total. The first-order chi connectivity index (χ1) is 7.97. The summed E-state index contributed by atoms with van der Waals surface area (Å²) in [6.45, 7) is 9.11. The van der Waals surface area contributed by atoms with Crippen molar-refractivity contribution in [2.45, 2.75) is 65.5 Å². The van der Waals surface area contributed by atoms with E-state index in [9.17, 15) is 4.79 Å². The van der Waals surface area contributed by atoms with Crippen LogP contribution in [0, 0.1) is 11.8 Å². The number of nitrogens with two attached hydrogens (primary N) is 1. The first-order valence-electron chi connectivity index (χ1n) is 6.99. The molecule has 1 fully saturated rings. The van der Waals surface area contributed by atoms with Gasteiger partial charge in [0.25, 0.3) is 0 Å². The van der Waals surface area contributed by atoms with E-state index in [0.29, 0.717) is 24.5 Å².